The Labute approximate surface area is 120 Å². The van der Waals surface area contributed by atoms with Crippen molar-refractivity contribution in [3.63, 3.8) is 0 Å². The zero-order valence-electron chi connectivity index (χ0n) is 9.23. The third-order valence-electron chi connectivity index (χ3n) is 2.35. The first-order chi connectivity index (χ1) is 8.49. The van der Waals surface area contributed by atoms with E-state index in [0.29, 0.717) is 11.0 Å². The SMILES string of the molecule is Cc1c(F)c(Br)cc(NCc2cnc(Cl)s2)c1F. The van der Waals surface area contributed by atoms with Gasteiger partial charge in [0.25, 0.3) is 0 Å². The monoisotopic (exact) mass is 352 g/mol. The lowest BCUT2D eigenvalue weighted by molar-refractivity contribution is 0.565. The fourth-order valence-corrected chi connectivity index (χ4v) is 2.85. The molecule has 0 radical (unpaired) electrons. The topological polar surface area (TPSA) is 24.9 Å². The molecule has 2 rings (SSSR count). The molecule has 0 saturated carbocycles. The van der Waals surface area contributed by atoms with E-state index in [0.717, 1.165) is 4.88 Å². The molecule has 0 aliphatic rings. The molecule has 0 bridgehead atoms. The third-order valence-corrected chi connectivity index (χ3v) is 4.05. The molecule has 7 heteroatoms. The van der Waals surface area contributed by atoms with Gasteiger partial charge in [-0.15, -0.1) is 11.3 Å². The molecule has 0 unspecified atom stereocenters. The van der Waals surface area contributed by atoms with Gasteiger partial charge in [-0.3, -0.25) is 0 Å². The van der Waals surface area contributed by atoms with Gasteiger partial charge in [0.15, 0.2) is 10.3 Å². The second-order valence-corrected chi connectivity index (χ2v) is 6.14. The Kier molecular flexibility index (Phi) is 4.19. The fourth-order valence-electron chi connectivity index (χ4n) is 1.41. The van der Waals surface area contributed by atoms with E-state index in [1.54, 1.807) is 6.20 Å². The van der Waals surface area contributed by atoms with Gasteiger partial charge in [0.2, 0.25) is 0 Å². The lowest BCUT2D eigenvalue weighted by atomic mass is 10.2. The van der Waals surface area contributed by atoms with Crippen LogP contribution >= 0.6 is 38.9 Å². The Morgan fingerprint density at radius 1 is 1.44 bits per heavy atom. The third kappa shape index (κ3) is 2.81. The van der Waals surface area contributed by atoms with Crippen molar-refractivity contribution in [3.8, 4) is 0 Å². The molecule has 1 aromatic heterocycles. The average Bonchev–Trinajstić information content (AvgIpc) is 2.75. The van der Waals surface area contributed by atoms with E-state index in [1.165, 1.54) is 24.3 Å². The number of hydrogen-bond donors (Lipinski definition) is 1. The zero-order chi connectivity index (χ0) is 13.3. The van der Waals surface area contributed by atoms with Gasteiger partial charge in [0.05, 0.1) is 16.7 Å². The highest BCUT2D eigenvalue weighted by Crippen LogP contribution is 2.28. The number of rotatable bonds is 3. The second-order valence-electron chi connectivity index (χ2n) is 3.59. The van der Waals surface area contributed by atoms with Gasteiger partial charge in [0.1, 0.15) is 5.82 Å². The number of anilines is 1. The van der Waals surface area contributed by atoms with Gasteiger partial charge in [0, 0.05) is 16.6 Å². The van der Waals surface area contributed by atoms with E-state index in [1.807, 2.05) is 0 Å². The predicted molar refractivity (Wildman–Crippen MR) is 73.2 cm³/mol. The first-order valence-electron chi connectivity index (χ1n) is 4.97. The first kappa shape index (κ1) is 13.7. The Bertz CT molecular complexity index is 589. The van der Waals surface area contributed by atoms with Crippen LogP contribution in [0.15, 0.2) is 16.7 Å². The van der Waals surface area contributed by atoms with Gasteiger partial charge in [-0.05, 0) is 28.9 Å². The van der Waals surface area contributed by atoms with Crippen LogP contribution < -0.4 is 5.32 Å². The molecule has 2 nitrogen and oxygen atoms in total. The lowest BCUT2D eigenvalue weighted by Crippen LogP contribution is -2.03. The van der Waals surface area contributed by atoms with Crippen LogP contribution in [-0.4, -0.2) is 4.98 Å². The van der Waals surface area contributed by atoms with Crippen LogP contribution in [0.3, 0.4) is 0 Å². The van der Waals surface area contributed by atoms with Crippen molar-refractivity contribution in [3.05, 3.63) is 43.3 Å². The van der Waals surface area contributed by atoms with Crippen molar-refractivity contribution >= 4 is 44.6 Å². The largest absolute Gasteiger partial charge is 0.378 e. The molecule has 0 aliphatic carbocycles. The van der Waals surface area contributed by atoms with Crippen molar-refractivity contribution in [1.29, 1.82) is 0 Å². The Morgan fingerprint density at radius 2 is 2.17 bits per heavy atom. The van der Waals surface area contributed by atoms with Crippen molar-refractivity contribution in [2.45, 2.75) is 13.5 Å². The summed E-state index contributed by atoms with van der Waals surface area (Å²) in [6.07, 6.45) is 1.61. The molecule has 0 atom stereocenters. The number of thiazole rings is 1. The zero-order valence-corrected chi connectivity index (χ0v) is 12.4. The molecule has 0 amide bonds. The van der Waals surface area contributed by atoms with E-state index in [-0.39, 0.29) is 15.7 Å². The molecular weight excluding hydrogens is 346 g/mol. The summed E-state index contributed by atoms with van der Waals surface area (Å²) >= 11 is 10.0. The summed E-state index contributed by atoms with van der Waals surface area (Å²) in [5.74, 6) is -1.18. The number of benzene rings is 1. The maximum absolute atomic E-state index is 13.8. The number of hydrogen-bond acceptors (Lipinski definition) is 3. The second kappa shape index (κ2) is 5.50. The van der Waals surface area contributed by atoms with Gasteiger partial charge < -0.3 is 5.32 Å². The minimum absolute atomic E-state index is 0.0192. The highest BCUT2D eigenvalue weighted by Gasteiger charge is 2.13. The first-order valence-corrected chi connectivity index (χ1v) is 6.96. The van der Waals surface area contributed by atoms with Gasteiger partial charge >= 0.3 is 0 Å². The smallest absolute Gasteiger partial charge is 0.183 e. The van der Waals surface area contributed by atoms with Crippen LogP contribution in [0.5, 0.6) is 0 Å². The number of nitrogens with one attached hydrogen (secondary N) is 1. The highest BCUT2D eigenvalue weighted by atomic mass is 79.9. The highest BCUT2D eigenvalue weighted by molar-refractivity contribution is 9.10. The van der Waals surface area contributed by atoms with E-state index in [9.17, 15) is 8.78 Å². The molecule has 1 N–H and O–H groups in total. The molecule has 0 fully saturated rings. The average molecular weight is 354 g/mol. The van der Waals surface area contributed by atoms with Crippen LogP contribution in [0.2, 0.25) is 4.47 Å². The predicted octanol–water partition coefficient (Wildman–Crippen LogP) is 4.76. The number of halogens is 4. The molecule has 0 aliphatic heterocycles. The minimum atomic E-state index is -0.591. The van der Waals surface area contributed by atoms with Crippen molar-refractivity contribution < 1.29 is 8.78 Å². The summed E-state index contributed by atoms with van der Waals surface area (Å²) in [5.41, 5.74) is 0.222. The summed E-state index contributed by atoms with van der Waals surface area (Å²) in [5, 5.41) is 2.89. The van der Waals surface area contributed by atoms with Gasteiger partial charge in [-0.1, -0.05) is 11.6 Å². The fraction of sp³-hybridized carbons (Fsp3) is 0.182. The molecule has 96 valence electrons. The minimum Gasteiger partial charge on any atom is -0.378 e. The van der Waals surface area contributed by atoms with E-state index >= 15 is 0 Å². The quantitative estimate of drug-likeness (QED) is 0.805. The number of nitrogens with zero attached hydrogens (tertiary/aromatic N) is 1. The maximum Gasteiger partial charge on any atom is 0.183 e. The molecule has 0 spiro atoms. The normalized spacial score (nSPS) is 10.7. The molecule has 2 aromatic rings. The maximum atomic E-state index is 13.8. The van der Waals surface area contributed by atoms with Crippen LogP contribution in [0.4, 0.5) is 14.5 Å². The van der Waals surface area contributed by atoms with Crippen LogP contribution in [0.1, 0.15) is 10.4 Å². The van der Waals surface area contributed by atoms with E-state index in [4.69, 9.17) is 11.6 Å². The molecule has 1 aromatic carbocycles. The summed E-state index contributed by atoms with van der Waals surface area (Å²) in [4.78, 5) is 4.75. The Hall–Kier alpha value is -0.720. The van der Waals surface area contributed by atoms with Gasteiger partial charge in [-0.25, -0.2) is 13.8 Å². The van der Waals surface area contributed by atoms with Crippen LogP contribution in [-0.2, 0) is 6.54 Å². The summed E-state index contributed by atoms with van der Waals surface area (Å²) in [7, 11) is 0. The van der Waals surface area contributed by atoms with Gasteiger partial charge in [-0.2, -0.15) is 0 Å². The van der Waals surface area contributed by atoms with Crippen molar-refractivity contribution in [1.82, 2.24) is 4.98 Å². The standard InChI is InChI=1S/C11H8BrClF2N2S/c1-5-9(14)7(12)2-8(10(5)15)16-3-6-4-17-11(13)18-6/h2,4,16H,3H2,1H3. The van der Waals surface area contributed by atoms with Crippen molar-refractivity contribution in [2.75, 3.05) is 5.32 Å². The summed E-state index contributed by atoms with van der Waals surface area (Å²) in [6.45, 7) is 1.78. The summed E-state index contributed by atoms with van der Waals surface area (Å²) in [6, 6.07) is 1.38. The molecule has 1 heterocycles. The number of aromatic nitrogens is 1. The molecular formula is C11H8BrClF2N2S. The van der Waals surface area contributed by atoms with E-state index < -0.39 is 11.6 Å². The Morgan fingerprint density at radius 3 is 2.78 bits per heavy atom. The lowest BCUT2D eigenvalue weighted by Gasteiger charge is -2.10. The molecule has 0 saturated heterocycles. The Balaban J connectivity index is 2.19. The summed E-state index contributed by atoms with van der Waals surface area (Å²) < 4.78 is 27.8. The van der Waals surface area contributed by atoms with Crippen molar-refractivity contribution in [2.24, 2.45) is 0 Å². The van der Waals surface area contributed by atoms with Crippen LogP contribution in [0.25, 0.3) is 0 Å². The van der Waals surface area contributed by atoms with E-state index in [2.05, 4.69) is 26.2 Å². The van der Waals surface area contributed by atoms with Crippen LogP contribution in [0, 0.1) is 18.6 Å². The molecule has 18 heavy (non-hydrogen) atoms.